The standard InChI is InChI=1S/C13H16N2/c1-10(2)13(3)8-14-11-6-4-5-7-12(11)15-9-13/h4-10H,1-3H3. The van der Waals surface area contributed by atoms with Gasteiger partial charge in [0.05, 0.1) is 11.4 Å². The van der Waals surface area contributed by atoms with E-state index in [9.17, 15) is 0 Å². The zero-order chi connectivity index (χ0) is 10.9. The maximum atomic E-state index is 4.51. The summed E-state index contributed by atoms with van der Waals surface area (Å²) in [5.41, 5.74) is 1.87. The Labute approximate surface area is 90.8 Å². The van der Waals surface area contributed by atoms with E-state index in [0.29, 0.717) is 5.92 Å². The van der Waals surface area contributed by atoms with Gasteiger partial charge < -0.3 is 0 Å². The van der Waals surface area contributed by atoms with Crippen molar-refractivity contribution in [3.63, 3.8) is 0 Å². The molecule has 0 fully saturated rings. The van der Waals surface area contributed by atoms with Gasteiger partial charge in [-0.15, -0.1) is 0 Å². The van der Waals surface area contributed by atoms with Crippen molar-refractivity contribution in [1.29, 1.82) is 0 Å². The predicted molar refractivity (Wildman–Crippen MR) is 65.7 cm³/mol. The molecule has 0 saturated heterocycles. The van der Waals surface area contributed by atoms with Gasteiger partial charge in [-0.25, -0.2) is 0 Å². The smallest absolute Gasteiger partial charge is 0.0882 e. The average molecular weight is 200 g/mol. The fraction of sp³-hybridized carbons (Fsp3) is 0.385. The molecule has 0 N–H and O–H groups in total. The molecule has 78 valence electrons. The van der Waals surface area contributed by atoms with Gasteiger partial charge in [-0.05, 0) is 25.0 Å². The van der Waals surface area contributed by atoms with E-state index < -0.39 is 0 Å². The lowest BCUT2D eigenvalue weighted by molar-refractivity contribution is 0.464. The molecular formula is C13H16N2. The molecule has 0 radical (unpaired) electrons. The maximum Gasteiger partial charge on any atom is 0.0882 e. The first-order chi connectivity index (χ1) is 7.12. The molecule has 2 rings (SSSR count). The minimum Gasteiger partial charge on any atom is -0.258 e. The number of para-hydroxylation sites is 2. The fourth-order valence-electron chi connectivity index (χ4n) is 1.43. The molecule has 1 aromatic carbocycles. The monoisotopic (exact) mass is 200 g/mol. The van der Waals surface area contributed by atoms with Crippen molar-refractivity contribution in [2.24, 2.45) is 21.3 Å². The first-order valence-corrected chi connectivity index (χ1v) is 5.31. The minimum atomic E-state index is -0.0426. The van der Waals surface area contributed by atoms with Crippen LogP contribution >= 0.6 is 0 Å². The predicted octanol–water partition coefficient (Wildman–Crippen LogP) is 3.77. The Morgan fingerprint density at radius 3 is 1.87 bits per heavy atom. The second-order valence-corrected chi connectivity index (χ2v) is 4.53. The highest BCUT2D eigenvalue weighted by molar-refractivity contribution is 5.94. The summed E-state index contributed by atoms with van der Waals surface area (Å²) < 4.78 is 0. The Morgan fingerprint density at radius 1 is 1.00 bits per heavy atom. The van der Waals surface area contributed by atoms with E-state index in [1.54, 1.807) is 0 Å². The van der Waals surface area contributed by atoms with Crippen molar-refractivity contribution in [2.75, 3.05) is 0 Å². The Morgan fingerprint density at radius 2 is 1.47 bits per heavy atom. The Bertz CT molecular complexity index is 383. The van der Waals surface area contributed by atoms with Gasteiger partial charge in [-0.2, -0.15) is 0 Å². The van der Waals surface area contributed by atoms with Gasteiger partial charge >= 0.3 is 0 Å². The highest BCUT2D eigenvalue weighted by Gasteiger charge is 2.25. The van der Waals surface area contributed by atoms with E-state index in [1.165, 1.54) is 0 Å². The molecule has 15 heavy (non-hydrogen) atoms. The molecule has 2 heteroatoms. The zero-order valence-electron chi connectivity index (χ0n) is 9.44. The number of hydrogen-bond acceptors (Lipinski definition) is 2. The van der Waals surface area contributed by atoms with Crippen molar-refractivity contribution in [3.8, 4) is 0 Å². The quantitative estimate of drug-likeness (QED) is 0.659. The molecule has 0 amide bonds. The zero-order valence-corrected chi connectivity index (χ0v) is 9.44. The van der Waals surface area contributed by atoms with E-state index in [2.05, 4.69) is 30.8 Å². The molecule has 1 aliphatic rings. The van der Waals surface area contributed by atoms with Gasteiger partial charge in [0.2, 0.25) is 0 Å². The largest absolute Gasteiger partial charge is 0.258 e. The molecule has 1 heterocycles. The first kappa shape index (κ1) is 10.1. The van der Waals surface area contributed by atoms with Gasteiger partial charge in [-0.3, -0.25) is 9.98 Å². The van der Waals surface area contributed by atoms with Crippen molar-refractivity contribution < 1.29 is 0 Å². The summed E-state index contributed by atoms with van der Waals surface area (Å²) in [4.78, 5) is 9.02. The maximum absolute atomic E-state index is 4.51. The van der Waals surface area contributed by atoms with Crippen LogP contribution in [0.2, 0.25) is 0 Å². The number of aliphatic imine (C=N–C) groups is 2. The Balaban J connectivity index is 2.46. The summed E-state index contributed by atoms with van der Waals surface area (Å²) in [6, 6.07) is 7.97. The Hall–Kier alpha value is -1.44. The van der Waals surface area contributed by atoms with Crippen LogP contribution in [0, 0.1) is 11.3 Å². The van der Waals surface area contributed by atoms with Gasteiger partial charge in [0, 0.05) is 17.8 Å². The Kier molecular flexibility index (Phi) is 2.43. The summed E-state index contributed by atoms with van der Waals surface area (Å²) in [7, 11) is 0. The molecule has 0 saturated carbocycles. The normalized spacial score (nSPS) is 17.6. The lowest BCUT2D eigenvalue weighted by Gasteiger charge is -2.23. The van der Waals surface area contributed by atoms with Gasteiger partial charge in [0.25, 0.3) is 0 Å². The second kappa shape index (κ2) is 3.61. The molecule has 1 aromatic rings. The van der Waals surface area contributed by atoms with Crippen molar-refractivity contribution in [3.05, 3.63) is 24.3 Å². The van der Waals surface area contributed by atoms with Crippen LogP contribution in [0.4, 0.5) is 11.4 Å². The molecule has 0 spiro atoms. The van der Waals surface area contributed by atoms with Crippen LogP contribution in [0.1, 0.15) is 20.8 Å². The molecule has 0 bridgehead atoms. The summed E-state index contributed by atoms with van der Waals surface area (Å²) in [5, 5.41) is 0. The summed E-state index contributed by atoms with van der Waals surface area (Å²) >= 11 is 0. The molecule has 0 aromatic heterocycles. The van der Waals surface area contributed by atoms with Crippen LogP contribution in [0.25, 0.3) is 0 Å². The van der Waals surface area contributed by atoms with Crippen molar-refractivity contribution in [2.45, 2.75) is 20.8 Å². The van der Waals surface area contributed by atoms with E-state index in [-0.39, 0.29) is 5.41 Å². The van der Waals surface area contributed by atoms with Crippen molar-refractivity contribution in [1.82, 2.24) is 0 Å². The molecule has 1 aliphatic heterocycles. The van der Waals surface area contributed by atoms with E-state index in [4.69, 9.17) is 0 Å². The highest BCUT2D eigenvalue weighted by atomic mass is 14.9. The number of hydrogen-bond donors (Lipinski definition) is 0. The van der Waals surface area contributed by atoms with Crippen molar-refractivity contribution >= 4 is 23.8 Å². The summed E-state index contributed by atoms with van der Waals surface area (Å²) in [6.45, 7) is 6.54. The average Bonchev–Trinajstić information content (AvgIpc) is 2.40. The van der Waals surface area contributed by atoms with Gasteiger partial charge in [-0.1, -0.05) is 26.0 Å². The van der Waals surface area contributed by atoms with Crippen LogP contribution in [-0.2, 0) is 0 Å². The first-order valence-electron chi connectivity index (χ1n) is 5.31. The summed E-state index contributed by atoms with van der Waals surface area (Å²) in [6.07, 6.45) is 4.01. The molecule has 0 aliphatic carbocycles. The lowest BCUT2D eigenvalue weighted by atomic mass is 9.81. The second-order valence-electron chi connectivity index (χ2n) is 4.53. The molecule has 0 unspecified atom stereocenters. The third-order valence-electron chi connectivity index (χ3n) is 3.09. The van der Waals surface area contributed by atoms with Gasteiger partial charge in [0.1, 0.15) is 0 Å². The van der Waals surface area contributed by atoms with Crippen LogP contribution in [0.3, 0.4) is 0 Å². The van der Waals surface area contributed by atoms with Crippen LogP contribution in [-0.4, -0.2) is 12.4 Å². The van der Waals surface area contributed by atoms with Crippen LogP contribution in [0.15, 0.2) is 34.3 Å². The molecular weight excluding hydrogens is 184 g/mol. The number of nitrogens with zero attached hydrogens (tertiary/aromatic N) is 2. The van der Waals surface area contributed by atoms with Gasteiger partial charge in [0.15, 0.2) is 0 Å². The molecule has 2 nitrogen and oxygen atoms in total. The topological polar surface area (TPSA) is 24.7 Å². The number of rotatable bonds is 1. The SMILES string of the molecule is CC(C)C1(C)C=Nc2ccccc2N=C1. The summed E-state index contributed by atoms with van der Waals surface area (Å²) in [5.74, 6) is 0.499. The third-order valence-corrected chi connectivity index (χ3v) is 3.09. The highest BCUT2D eigenvalue weighted by Crippen LogP contribution is 2.33. The van der Waals surface area contributed by atoms with Crippen LogP contribution < -0.4 is 0 Å². The minimum absolute atomic E-state index is 0.0426. The van der Waals surface area contributed by atoms with E-state index in [0.717, 1.165) is 11.4 Å². The van der Waals surface area contributed by atoms with E-state index in [1.807, 2.05) is 36.7 Å². The fourth-order valence-corrected chi connectivity index (χ4v) is 1.43. The lowest BCUT2D eigenvalue weighted by Crippen LogP contribution is -2.26. The number of benzene rings is 1. The van der Waals surface area contributed by atoms with E-state index >= 15 is 0 Å². The van der Waals surface area contributed by atoms with Crippen LogP contribution in [0.5, 0.6) is 0 Å². The number of fused-ring (bicyclic) bond motifs is 1. The molecule has 0 atom stereocenters. The third kappa shape index (κ3) is 1.84.